The predicted molar refractivity (Wildman–Crippen MR) is 60.2 cm³/mol. The van der Waals surface area contributed by atoms with E-state index in [2.05, 4.69) is 24.3 Å². The first kappa shape index (κ1) is 14.3. The van der Waals surface area contributed by atoms with Crippen molar-refractivity contribution in [2.75, 3.05) is 6.54 Å². The lowest BCUT2D eigenvalue weighted by molar-refractivity contribution is -0.116. The molecule has 1 rings (SSSR count). The van der Waals surface area contributed by atoms with Crippen molar-refractivity contribution in [1.82, 2.24) is 10.5 Å². The maximum absolute atomic E-state index is 11.2. The summed E-state index contributed by atoms with van der Waals surface area (Å²) < 4.78 is 4.70. The minimum atomic E-state index is -0.396. The lowest BCUT2D eigenvalue weighted by Gasteiger charge is -1.96. The Balaban J connectivity index is 0.000000673. The fourth-order valence-electron chi connectivity index (χ4n) is 0.769. The van der Waals surface area contributed by atoms with Crippen LogP contribution < -0.4 is 5.32 Å². The smallest absolute Gasteiger partial charge is 0.273 e. The summed E-state index contributed by atoms with van der Waals surface area (Å²) in [4.78, 5) is 21.7. The third kappa shape index (κ3) is 5.95. The molecule has 0 saturated heterocycles. The molecular weight excluding hydrogens is 208 g/mol. The van der Waals surface area contributed by atoms with Crippen LogP contribution in [-0.2, 0) is 4.79 Å². The molecule has 0 radical (unpaired) electrons. The molecule has 0 aliphatic carbocycles. The van der Waals surface area contributed by atoms with Crippen molar-refractivity contribution in [2.45, 2.75) is 34.1 Å². The van der Waals surface area contributed by atoms with Gasteiger partial charge in [0.2, 0.25) is 0 Å². The van der Waals surface area contributed by atoms with Gasteiger partial charge in [0, 0.05) is 6.07 Å². The lowest BCUT2D eigenvalue weighted by Crippen LogP contribution is -2.28. The van der Waals surface area contributed by atoms with E-state index < -0.39 is 5.91 Å². The Kier molecular flexibility index (Phi) is 6.83. The fraction of sp³-hybridized carbons (Fsp3) is 0.545. The quantitative estimate of drug-likeness (QED) is 0.851. The summed E-state index contributed by atoms with van der Waals surface area (Å²) in [6.07, 6.45) is 1.25. The predicted octanol–water partition coefficient (Wildman–Crippen LogP) is 1.72. The van der Waals surface area contributed by atoms with Gasteiger partial charge in [-0.1, -0.05) is 25.4 Å². The number of carbonyl (C=O) groups is 2. The number of ketones is 1. The van der Waals surface area contributed by atoms with Gasteiger partial charge in [-0.15, -0.1) is 0 Å². The van der Waals surface area contributed by atoms with Gasteiger partial charge in [-0.3, -0.25) is 9.59 Å². The summed E-state index contributed by atoms with van der Waals surface area (Å²) in [6.45, 7) is 7.35. The first-order valence-electron chi connectivity index (χ1n) is 5.22. The SMILES string of the molecule is CC(=O)CNC(=O)c1cc(C)on1.CCC. The molecule has 0 aliphatic rings. The van der Waals surface area contributed by atoms with Crippen LogP contribution >= 0.6 is 0 Å². The van der Waals surface area contributed by atoms with Gasteiger partial charge in [-0.2, -0.15) is 0 Å². The molecule has 5 nitrogen and oxygen atoms in total. The van der Waals surface area contributed by atoms with Crippen molar-refractivity contribution < 1.29 is 14.1 Å². The molecular formula is C11H18N2O3. The molecule has 1 aromatic heterocycles. The Hall–Kier alpha value is -1.65. The summed E-state index contributed by atoms with van der Waals surface area (Å²) >= 11 is 0. The van der Waals surface area contributed by atoms with Crippen molar-refractivity contribution in [1.29, 1.82) is 0 Å². The van der Waals surface area contributed by atoms with Crippen molar-refractivity contribution in [2.24, 2.45) is 0 Å². The Labute approximate surface area is 95.2 Å². The molecule has 1 aromatic rings. The van der Waals surface area contributed by atoms with Gasteiger partial charge in [0.15, 0.2) is 5.69 Å². The number of aromatic nitrogens is 1. The number of hydrogen-bond acceptors (Lipinski definition) is 4. The van der Waals surface area contributed by atoms with Crippen molar-refractivity contribution in [3.8, 4) is 0 Å². The Morgan fingerprint density at radius 1 is 1.44 bits per heavy atom. The molecule has 1 heterocycles. The van der Waals surface area contributed by atoms with Gasteiger partial charge in [0.1, 0.15) is 11.5 Å². The average molecular weight is 226 g/mol. The number of hydrogen-bond donors (Lipinski definition) is 1. The number of aryl methyl sites for hydroxylation is 1. The van der Waals surface area contributed by atoms with Gasteiger partial charge in [-0.05, 0) is 13.8 Å². The van der Waals surface area contributed by atoms with Crippen molar-refractivity contribution >= 4 is 11.7 Å². The second kappa shape index (κ2) is 7.62. The normalized spacial score (nSPS) is 9.00. The van der Waals surface area contributed by atoms with E-state index in [0.717, 1.165) is 0 Å². The van der Waals surface area contributed by atoms with Gasteiger partial charge in [0.25, 0.3) is 5.91 Å². The van der Waals surface area contributed by atoms with Crippen molar-refractivity contribution in [3.05, 3.63) is 17.5 Å². The van der Waals surface area contributed by atoms with E-state index in [-0.39, 0.29) is 18.0 Å². The topological polar surface area (TPSA) is 72.2 Å². The van der Waals surface area contributed by atoms with E-state index in [9.17, 15) is 9.59 Å². The third-order valence-corrected chi connectivity index (χ3v) is 1.36. The first-order chi connectivity index (χ1) is 7.51. The van der Waals surface area contributed by atoms with Crippen LogP contribution in [0.4, 0.5) is 0 Å². The largest absolute Gasteiger partial charge is 0.361 e. The molecule has 1 amide bonds. The standard InChI is InChI=1S/C8H10N2O3.C3H8/c1-5(11)4-9-8(12)7-3-6(2)13-10-7;1-3-2/h3H,4H2,1-2H3,(H,9,12);3H2,1-2H3. The van der Waals surface area contributed by atoms with Crippen LogP contribution in [0.1, 0.15) is 43.4 Å². The van der Waals surface area contributed by atoms with Crippen molar-refractivity contribution in [3.63, 3.8) is 0 Å². The van der Waals surface area contributed by atoms with Crippen LogP contribution in [0.2, 0.25) is 0 Å². The second-order valence-corrected chi connectivity index (χ2v) is 3.41. The molecule has 1 N–H and O–H groups in total. The third-order valence-electron chi connectivity index (χ3n) is 1.36. The molecule has 16 heavy (non-hydrogen) atoms. The Morgan fingerprint density at radius 3 is 2.38 bits per heavy atom. The molecule has 0 saturated carbocycles. The summed E-state index contributed by atoms with van der Waals surface area (Å²) in [7, 11) is 0. The highest BCUT2D eigenvalue weighted by Gasteiger charge is 2.10. The van der Waals surface area contributed by atoms with Gasteiger partial charge in [-0.25, -0.2) is 0 Å². The second-order valence-electron chi connectivity index (χ2n) is 3.41. The average Bonchev–Trinajstić information content (AvgIpc) is 2.62. The number of nitrogens with one attached hydrogen (secondary N) is 1. The van der Waals surface area contributed by atoms with Crippen LogP contribution in [0, 0.1) is 6.92 Å². The molecule has 5 heteroatoms. The van der Waals surface area contributed by atoms with Crippen LogP contribution in [0.25, 0.3) is 0 Å². The Morgan fingerprint density at radius 2 is 2.00 bits per heavy atom. The highest BCUT2D eigenvalue weighted by Crippen LogP contribution is 2.00. The van der Waals surface area contributed by atoms with Crippen LogP contribution in [0.15, 0.2) is 10.6 Å². The van der Waals surface area contributed by atoms with E-state index >= 15 is 0 Å². The number of nitrogens with zero attached hydrogens (tertiary/aromatic N) is 1. The van der Waals surface area contributed by atoms with E-state index in [1.807, 2.05) is 0 Å². The first-order valence-corrected chi connectivity index (χ1v) is 5.22. The summed E-state index contributed by atoms with van der Waals surface area (Å²) in [6, 6.07) is 1.51. The zero-order chi connectivity index (χ0) is 12.6. The minimum Gasteiger partial charge on any atom is -0.361 e. The van der Waals surface area contributed by atoms with Gasteiger partial charge in [0.05, 0.1) is 6.54 Å². The molecule has 0 spiro atoms. The number of rotatable bonds is 3. The number of amides is 1. The maximum Gasteiger partial charge on any atom is 0.273 e. The monoisotopic (exact) mass is 226 g/mol. The Bertz CT molecular complexity index is 345. The summed E-state index contributed by atoms with van der Waals surface area (Å²) in [5.74, 6) is 0.0635. The molecule has 0 bridgehead atoms. The van der Waals surface area contributed by atoms with E-state index in [1.165, 1.54) is 19.4 Å². The highest BCUT2D eigenvalue weighted by molar-refractivity contribution is 5.94. The molecule has 90 valence electrons. The van der Waals surface area contributed by atoms with E-state index in [4.69, 9.17) is 4.52 Å². The summed E-state index contributed by atoms with van der Waals surface area (Å²) in [5.41, 5.74) is 0.193. The van der Waals surface area contributed by atoms with E-state index in [0.29, 0.717) is 5.76 Å². The molecule has 0 aromatic carbocycles. The zero-order valence-corrected chi connectivity index (χ0v) is 10.2. The minimum absolute atomic E-state index is 0.0186. The number of Topliss-reactive ketones (excluding diaryl/α,β-unsaturated/α-hetero) is 1. The summed E-state index contributed by atoms with van der Waals surface area (Å²) in [5, 5.41) is 5.90. The lowest BCUT2D eigenvalue weighted by atomic mass is 10.3. The van der Waals surface area contributed by atoms with Crippen LogP contribution in [0.5, 0.6) is 0 Å². The number of carbonyl (C=O) groups excluding carboxylic acids is 2. The van der Waals surface area contributed by atoms with E-state index in [1.54, 1.807) is 6.92 Å². The van der Waals surface area contributed by atoms with Crippen LogP contribution in [-0.4, -0.2) is 23.4 Å². The maximum atomic E-state index is 11.2. The van der Waals surface area contributed by atoms with Gasteiger partial charge >= 0.3 is 0 Å². The highest BCUT2D eigenvalue weighted by atomic mass is 16.5. The van der Waals surface area contributed by atoms with Crippen LogP contribution in [0.3, 0.4) is 0 Å². The molecule has 0 unspecified atom stereocenters. The zero-order valence-electron chi connectivity index (χ0n) is 10.2. The fourth-order valence-corrected chi connectivity index (χ4v) is 0.769. The molecule has 0 aliphatic heterocycles. The molecule has 0 fully saturated rings. The van der Waals surface area contributed by atoms with Gasteiger partial charge < -0.3 is 9.84 Å². The molecule has 0 atom stereocenters.